The normalized spacial score (nSPS) is 13.9. The molecule has 0 atom stereocenters. The molecular formula is C20H21N9O3S. The summed E-state index contributed by atoms with van der Waals surface area (Å²) < 4.78 is 6.52. The average Bonchev–Trinajstić information content (AvgIpc) is 3.53. The Labute approximate surface area is 192 Å². The number of aromatic nitrogens is 6. The number of nitrogens with one attached hydrogen (secondary N) is 2. The van der Waals surface area contributed by atoms with Crippen LogP contribution in [0.1, 0.15) is 15.2 Å². The molecule has 170 valence electrons. The van der Waals surface area contributed by atoms with E-state index in [0.717, 1.165) is 34.0 Å². The van der Waals surface area contributed by atoms with Crippen LogP contribution in [0.5, 0.6) is 0 Å². The number of carbonyl (C=O) groups excluding carboxylic acids is 1. The average molecular weight is 468 g/mol. The Kier molecular flexibility index (Phi) is 5.81. The Hall–Kier alpha value is -3.68. The van der Waals surface area contributed by atoms with Gasteiger partial charge in [-0.3, -0.25) is 10.0 Å². The molecule has 0 saturated carbocycles. The summed E-state index contributed by atoms with van der Waals surface area (Å²) in [5.74, 6) is 1.26. The van der Waals surface area contributed by atoms with Gasteiger partial charge in [-0.05, 0) is 6.07 Å². The maximum absolute atomic E-state index is 11.5. The van der Waals surface area contributed by atoms with Crippen molar-refractivity contribution < 1.29 is 14.7 Å². The summed E-state index contributed by atoms with van der Waals surface area (Å²) in [6.07, 6.45) is 6.13. The molecule has 0 bridgehead atoms. The summed E-state index contributed by atoms with van der Waals surface area (Å²) in [5.41, 5.74) is 3.29. The second-order valence-electron chi connectivity index (χ2n) is 7.42. The van der Waals surface area contributed by atoms with E-state index in [-0.39, 0.29) is 5.56 Å². The van der Waals surface area contributed by atoms with Gasteiger partial charge in [-0.25, -0.2) is 30.4 Å². The van der Waals surface area contributed by atoms with E-state index in [2.05, 4.69) is 24.8 Å². The number of carbonyl (C=O) groups is 1. The van der Waals surface area contributed by atoms with Gasteiger partial charge in [0.1, 0.15) is 5.69 Å². The lowest BCUT2D eigenvalue weighted by Gasteiger charge is -2.28. The number of rotatable bonds is 6. The third-order valence-corrected chi connectivity index (χ3v) is 6.28. The van der Waals surface area contributed by atoms with E-state index in [1.54, 1.807) is 29.3 Å². The lowest BCUT2D eigenvalue weighted by atomic mass is 10.3. The third-order valence-electron chi connectivity index (χ3n) is 5.18. The first kappa shape index (κ1) is 21.2. The Morgan fingerprint density at radius 2 is 2.06 bits per heavy atom. The Bertz CT molecular complexity index is 1250. The molecule has 33 heavy (non-hydrogen) atoms. The molecule has 0 aromatic carbocycles. The summed E-state index contributed by atoms with van der Waals surface area (Å²) in [6, 6.07) is 2.05. The highest BCUT2D eigenvalue weighted by atomic mass is 32.1. The van der Waals surface area contributed by atoms with Crippen LogP contribution in [0.15, 0.2) is 31.0 Å². The number of morpholine rings is 1. The zero-order chi connectivity index (χ0) is 22.8. The van der Waals surface area contributed by atoms with Crippen molar-refractivity contribution in [1.29, 1.82) is 0 Å². The highest BCUT2D eigenvalue weighted by Gasteiger charge is 2.21. The lowest BCUT2D eigenvalue weighted by Crippen LogP contribution is -2.36. The summed E-state index contributed by atoms with van der Waals surface area (Å²) >= 11 is 1.63. The number of hydrogen-bond donors (Lipinski definition) is 3. The van der Waals surface area contributed by atoms with Crippen molar-refractivity contribution in [1.82, 2.24) is 35.4 Å². The van der Waals surface area contributed by atoms with Gasteiger partial charge >= 0.3 is 0 Å². The smallest absolute Gasteiger partial charge is 0.277 e. The number of H-pyrrole nitrogens is 1. The van der Waals surface area contributed by atoms with Crippen molar-refractivity contribution in [2.75, 3.05) is 43.2 Å². The van der Waals surface area contributed by atoms with Gasteiger partial charge in [-0.15, -0.1) is 11.3 Å². The number of thiophene rings is 1. The Morgan fingerprint density at radius 1 is 1.27 bits per heavy atom. The van der Waals surface area contributed by atoms with Gasteiger partial charge in [-0.2, -0.15) is 0 Å². The van der Waals surface area contributed by atoms with Gasteiger partial charge in [-0.1, -0.05) is 0 Å². The van der Waals surface area contributed by atoms with Crippen LogP contribution < -0.4 is 15.3 Å². The van der Waals surface area contributed by atoms with Gasteiger partial charge in [0.15, 0.2) is 11.6 Å². The standard InChI is InChI=1S/C20H21N9O3S/c1-28(20-22-7-12(8-23-20)19(30)27-31)10-13-6-14-16(33-13)18(29-2-4-32-5-3-29)26-17(25-14)15-9-21-11-24-15/h6-9,11,31H,2-5,10H2,1H3,(H,21,24)(H,27,30). The molecular weight excluding hydrogens is 446 g/mol. The zero-order valence-electron chi connectivity index (χ0n) is 17.7. The summed E-state index contributed by atoms with van der Waals surface area (Å²) in [7, 11) is 1.87. The molecule has 1 fully saturated rings. The van der Waals surface area contributed by atoms with Crippen LogP contribution >= 0.6 is 11.3 Å². The lowest BCUT2D eigenvalue weighted by molar-refractivity contribution is 0.0705. The van der Waals surface area contributed by atoms with Crippen LogP contribution in [0.4, 0.5) is 11.8 Å². The van der Waals surface area contributed by atoms with Crippen molar-refractivity contribution in [3.63, 3.8) is 0 Å². The maximum atomic E-state index is 11.5. The number of hydrogen-bond acceptors (Lipinski definition) is 11. The van der Waals surface area contributed by atoms with Gasteiger partial charge < -0.3 is 19.5 Å². The predicted octanol–water partition coefficient (Wildman–Crippen LogP) is 1.46. The molecule has 0 spiro atoms. The van der Waals surface area contributed by atoms with Gasteiger partial charge in [0.05, 0.1) is 41.9 Å². The Morgan fingerprint density at radius 3 is 2.76 bits per heavy atom. The predicted molar refractivity (Wildman–Crippen MR) is 121 cm³/mol. The number of fused-ring (bicyclic) bond motifs is 1. The second kappa shape index (κ2) is 9.05. The highest BCUT2D eigenvalue weighted by molar-refractivity contribution is 7.19. The van der Waals surface area contributed by atoms with Gasteiger partial charge in [0.25, 0.3) is 5.91 Å². The third kappa shape index (κ3) is 4.33. The monoisotopic (exact) mass is 467 g/mol. The van der Waals surface area contributed by atoms with Crippen molar-refractivity contribution in [2.24, 2.45) is 0 Å². The fraction of sp³-hybridized carbons (Fsp3) is 0.300. The molecule has 4 aromatic rings. The molecule has 1 aliphatic rings. The number of aromatic amines is 1. The molecule has 1 aliphatic heterocycles. The van der Waals surface area contributed by atoms with E-state index in [9.17, 15) is 4.79 Å². The molecule has 0 unspecified atom stereocenters. The van der Waals surface area contributed by atoms with Crippen molar-refractivity contribution >= 4 is 39.2 Å². The van der Waals surface area contributed by atoms with Crippen LogP contribution in [0.25, 0.3) is 21.7 Å². The number of nitrogens with zero attached hydrogens (tertiary/aromatic N) is 7. The topological polar surface area (TPSA) is 145 Å². The number of anilines is 2. The number of ether oxygens (including phenoxy) is 1. The molecule has 12 nitrogen and oxygen atoms in total. The van der Waals surface area contributed by atoms with Crippen molar-refractivity contribution in [3.8, 4) is 11.5 Å². The van der Waals surface area contributed by atoms with E-state index in [4.69, 9.17) is 19.9 Å². The van der Waals surface area contributed by atoms with Crippen molar-refractivity contribution in [3.05, 3.63) is 41.4 Å². The molecule has 1 saturated heterocycles. The van der Waals surface area contributed by atoms with E-state index < -0.39 is 5.91 Å². The maximum Gasteiger partial charge on any atom is 0.277 e. The van der Waals surface area contributed by atoms with Crippen LogP contribution in [0, 0.1) is 0 Å². The zero-order valence-corrected chi connectivity index (χ0v) is 18.5. The molecule has 4 aromatic heterocycles. The minimum absolute atomic E-state index is 0.174. The van der Waals surface area contributed by atoms with Gasteiger partial charge in [0, 0.05) is 43.6 Å². The molecule has 1 amide bonds. The summed E-state index contributed by atoms with van der Waals surface area (Å²) in [4.78, 5) is 42.0. The first-order valence-corrected chi connectivity index (χ1v) is 11.0. The highest BCUT2D eigenvalue weighted by Crippen LogP contribution is 2.34. The van der Waals surface area contributed by atoms with Crippen LogP contribution in [-0.2, 0) is 11.3 Å². The van der Waals surface area contributed by atoms with Crippen LogP contribution in [0.3, 0.4) is 0 Å². The SMILES string of the molecule is CN(Cc1cc2nc(-c3c[nH]cn3)nc(N3CCOCC3)c2s1)c1ncc(C(=O)NO)cn1. The van der Waals surface area contributed by atoms with E-state index in [0.29, 0.717) is 37.2 Å². The minimum atomic E-state index is -0.657. The fourth-order valence-electron chi connectivity index (χ4n) is 3.53. The van der Waals surface area contributed by atoms with Crippen LogP contribution in [0.2, 0.25) is 0 Å². The summed E-state index contributed by atoms with van der Waals surface area (Å²) in [6.45, 7) is 3.40. The summed E-state index contributed by atoms with van der Waals surface area (Å²) in [5, 5.41) is 8.74. The number of hydroxylamine groups is 1. The first-order chi connectivity index (χ1) is 16.1. The van der Waals surface area contributed by atoms with Crippen LogP contribution in [-0.4, -0.2) is 74.4 Å². The molecule has 5 rings (SSSR count). The molecule has 13 heteroatoms. The number of imidazole rings is 1. The largest absolute Gasteiger partial charge is 0.378 e. The molecule has 0 radical (unpaired) electrons. The quantitative estimate of drug-likeness (QED) is 0.281. The number of amides is 1. The molecule has 3 N–H and O–H groups in total. The Balaban J connectivity index is 1.46. The fourth-order valence-corrected chi connectivity index (χ4v) is 4.70. The van der Waals surface area contributed by atoms with E-state index >= 15 is 0 Å². The minimum Gasteiger partial charge on any atom is -0.378 e. The first-order valence-electron chi connectivity index (χ1n) is 10.2. The molecule has 5 heterocycles. The van der Waals surface area contributed by atoms with E-state index in [1.807, 2.05) is 18.0 Å². The molecule has 0 aliphatic carbocycles. The van der Waals surface area contributed by atoms with Crippen molar-refractivity contribution in [2.45, 2.75) is 6.54 Å². The van der Waals surface area contributed by atoms with Gasteiger partial charge in [0.2, 0.25) is 5.95 Å². The van der Waals surface area contributed by atoms with E-state index in [1.165, 1.54) is 12.4 Å². The second-order valence-corrected chi connectivity index (χ2v) is 8.56.